The number of nitrogens with zero attached hydrogens (tertiary/aromatic N) is 5. The number of amides is 1. The maximum absolute atomic E-state index is 14.3. The van der Waals surface area contributed by atoms with Gasteiger partial charge in [0.15, 0.2) is 0 Å². The molecule has 1 atom stereocenters. The van der Waals surface area contributed by atoms with Gasteiger partial charge in [-0.25, -0.2) is 14.4 Å². The van der Waals surface area contributed by atoms with Crippen LogP contribution in [0.25, 0.3) is 11.0 Å². The van der Waals surface area contributed by atoms with Gasteiger partial charge in [-0.1, -0.05) is 12.1 Å². The summed E-state index contributed by atoms with van der Waals surface area (Å²) in [5, 5.41) is 8.97. The lowest BCUT2D eigenvalue weighted by Crippen LogP contribution is -2.42. The van der Waals surface area contributed by atoms with Crippen LogP contribution in [0.3, 0.4) is 0 Å². The number of likely N-dealkylation sites (tertiary alicyclic amines) is 1. The number of benzene rings is 2. The number of carbonyl (C=O) groups excluding carboxylic acids is 1. The van der Waals surface area contributed by atoms with Gasteiger partial charge < -0.3 is 19.8 Å². The second-order valence-electron chi connectivity index (χ2n) is 13.1. The lowest BCUT2D eigenvalue weighted by molar-refractivity contribution is -0.0593. The predicted octanol–water partition coefficient (Wildman–Crippen LogP) is 5.85. The number of nitrogens with two attached hydrogens (primary N) is 1. The van der Waals surface area contributed by atoms with Crippen molar-refractivity contribution in [3.8, 4) is 11.9 Å². The van der Waals surface area contributed by atoms with Crippen molar-refractivity contribution in [3.63, 3.8) is 0 Å². The molecule has 2 N–H and O–H groups in total. The van der Waals surface area contributed by atoms with Gasteiger partial charge in [-0.05, 0) is 99.8 Å². The van der Waals surface area contributed by atoms with Crippen LogP contribution in [0, 0.1) is 22.6 Å². The van der Waals surface area contributed by atoms with E-state index in [0.29, 0.717) is 33.9 Å². The van der Waals surface area contributed by atoms with Crippen molar-refractivity contribution >= 4 is 16.9 Å². The van der Waals surface area contributed by atoms with Crippen molar-refractivity contribution < 1.29 is 18.7 Å². The van der Waals surface area contributed by atoms with Gasteiger partial charge in [-0.2, -0.15) is 5.26 Å². The van der Waals surface area contributed by atoms with Crippen LogP contribution in [0.4, 0.5) is 4.39 Å². The highest BCUT2D eigenvalue weighted by Gasteiger charge is 2.39. The molecule has 2 aromatic carbocycles. The molecule has 3 aliphatic rings. The minimum Gasteiger partial charge on any atom is -0.473 e. The molecule has 0 bridgehead atoms. The molecule has 10 heteroatoms. The molecule has 46 heavy (non-hydrogen) atoms. The van der Waals surface area contributed by atoms with Gasteiger partial charge >= 0.3 is 0 Å². The number of primary amides is 1. The van der Waals surface area contributed by atoms with Crippen molar-refractivity contribution in [2.75, 3.05) is 19.7 Å². The van der Waals surface area contributed by atoms with Gasteiger partial charge in [0.1, 0.15) is 18.2 Å². The topological polar surface area (TPSA) is 119 Å². The number of carbonyl (C=O) groups is 1. The number of halogens is 1. The Morgan fingerprint density at radius 3 is 2.57 bits per heavy atom. The van der Waals surface area contributed by atoms with Gasteiger partial charge in [-0.3, -0.25) is 9.69 Å². The first-order valence-corrected chi connectivity index (χ1v) is 16.3. The zero-order valence-electron chi connectivity index (χ0n) is 26.0. The Morgan fingerprint density at radius 2 is 1.87 bits per heavy atom. The third-order valence-corrected chi connectivity index (χ3v) is 10.3. The number of imidazole rings is 1. The molecule has 1 aliphatic carbocycles. The molecule has 4 heterocycles. The molecule has 3 fully saturated rings. The van der Waals surface area contributed by atoms with E-state index in [4.69, 9.17) is 30.4 Å². The van der Waals surface area contributed by atoms with Crippen molar-refractivity contribution in [2.45, 2.75) is 76.7 Å². The molecule has 238 valence electrons. The van der Waals surface area contributed by atoms with Crippen LogP contribution < -0.4 is 10.5 Å². The fourth-order valence-corrected chi connectivity index (χ4v) is 7.32. The highest BCUT2D eigenvalue weighted by molar-refractivity contribution is 5.96. The second-order valence-corrected chi connectivity index (χ2v) is 13.1. The number of rotatable bonds is 9. The lowest BCUT2D eigenvalue weighted by Gasteiger charge is -2.46. The maximum Gasteiger partial charge on any atom is 0.248 e. The van der Waals surface area contributed by atoms with Crippen LogP contribution in [0.2, 0.25) is 0 Å². The third-order valence-electron chi connectivity index (χ3n) is 10.3. The maximum atomic E-state index is 14.3. The summed E-state index contributed by atoms with van der Waals surface area (Å²) in [7, 11) is 0. The Hall–Kier alpha value is -4.33. The molecule has 2 aromatic heterocycles. The molecule has 2 saturated heterocycles. The van der Waals surface area contributed by atoms with E-state index in [9.17, 15) is 9.18 Å². The molecule has 1 spiro atoms. The van der Waals surface area contributed by atoms with Gasteiger partial charge in [0, 0.05) is 35.4 Å². The molecule has 2 aliphatic heterocycles. The van der Waals surface area contributed by atoms with Crippen LogP contribution in [-0.2, 0) is 24.4 Å². The largest absolute Gasteiger partial charge is 0.473 e. The number of hydrogen-bond acceptors (Lipinski definition) is 7. The first-order chi connectivity index (χ1) is 22.4. The van der Waals surface area contributed by atoms with Crippen LogP contribution in [0.5, 0.6) is 5.88 Å². The molecular formula is C36H39FN6O3. The van der Waals surface area contributed by atoms with Crippen LogP contribution in [0.1, 0.15) is 83.9 Å². The first kappa shape index (κ1) is 30.3. The van der Waals surface area contributed by atoms with Crippen molar-refractivity contribution in [1.29, 1.82) is 5.26 Å². The molecule has 1 saturated carbocycles. The number of piperidine rings is 1. The second kappa shape index (κ2) is 12.8. The predicted molar refractivity (Wildman–Crippen MR) is 170 cm³/mol. The minimum absolute atomic E-state index is 0.0668. The standard InChI is InChI=1S/C36H39FN6O3/c37-29-18-24(20-38)4-5-27(29)23-46-34-3-1-2-30(41-34)25-8-11-36(12-9-25)13-15-42(16-14-36)22-33-40-31-7-6-26(35(39)44)19-32(31)43(33)21-28-10-17-45-28/h1-7,18-19,25,28H,8-17,21-23H2,(H2,39,44)/t28-/m0/s1. The molecule has 9 nitrogen and oxygen atoms in total. The summed E-state index contributed by atoms with van der Waals surface area (Å²) in [4.78, 5) is 24.2. The van der Waals surface area contributed by atoms with Crippen LogP contribution >= 0.6 is 0 Å². The highest BCUT2D eigenvalue weighted by atomic mass is 19.1. The fraction of sp³-hybridized carbons (Fsp3) is 0.444. The van der Waals surface area contributed by atoms with Gasteiger partial charge in [-0.15, -0.1) is 0 Å². The summed E-state index contributed by atoms with van der Waals surface area (Å²) >= 11 is 0. The summed E-state index contributed by atoms with van der Waals surface area (Å²) in [6.07, 6.45) is 8.12. The Kier molecular flexibility index (Phi) is 8.45. The van der Waals surface area contributed by atoms with Gasteiger partial charge in [0.25, 0.3) is 0 Å². The van der Waals surface area contributed by atoms with Crippen molar-refractivity contribution in [2.24, 2.45) is 11.1 Å². The number of fused-ring (bicyclic) bond motifs is 1. The summed E-state index contributed by atoms with van der Waals surface area (Å²) in [6, 6.07) is 17.7. The fourth-order valence-electron chi connectivity index (χ4n) is 7.32. The molecule has 4 aromatic rings. The van der Waals surface area contributed by atoms with E-state index in [2.05, 4.69) is 15.5 Å². The average Bonchev–Trinajstić information content (AvgIpc) is 3.39. The molecular weight excluding hydrogens is 583 g/mol. The number of aromatic nitrogens is 3. The Morgan fingerprint density at radius 1 is 1.07 bits per heavy atom. The number of hydrogen-bond donors (Lipinski definition) is 1. The Bertz CT molecular complexity index is 1780. The smallest absolute Gasteiger partial charge is 0.248 e. The van der Waals surface area contributed by atoms with E-state index >= 15 is 0 Å². The Balaban J connectivity index is 0.951. The molecule has 1 amide bonds. The van der Waals surface area contributed by atoms with Crippen molar-refractivity contribution in [3.05, 3.63) is 88.6 Å². The SMILES string of the molecule is N#Cc1ccc(COc2cccc(C3CCC4(CC3)CCN(Cc3nc5ccc(C(N)=O)cc5n3C[C@@H]3CCO3)CC4)n2)c(F)c1. The zero-order valence-corrected chi connectivity index (χ0v) is 26.0. The third kappa shape index (κ3) is 6.35. The number of ether oxygens (including phenoxy) is 2. The van der Waals surface area contributed by atoms with E-state index < -0.39 is 11.7 Å². The Labute approximate surface area is 268 Å². The summed E-state index contributed by atoms with van der Waals surface area (Å²) < 4.78 is 28.1. The summed E-state index contributed by atoms with van der Waals surface area (Å²) in [5.41, 5.74) is 10.0. The first-order valence-electron chi connectivity index (χ1n) is 16.3. The average molecular weight is 623 g/mol. The number of pyridine rings is 1. The molecule has 7 rings (SSSR count). The minimum atomic E-state index is -0.445. The van der Waals surface area contributed by atoms with E-state index in [1.807, 2.05) is 30.3 Å². The normalized spacial score (nSPS) is 20.0. The van der Waals surface area contributed by atoms with E-state index in [1.54, 1.807) is 18.2 Å². The zero-order chi connectivity index (χ0) is 31.7. The van der Waals surface area contributed by atoms with Crippen LogP contribution in [-0.4, -0.2) is 51.1 Å². The summed E-state index contributed by atoms with van der Waals surface area (Å²) in [5.74, 6) is 1.02. The number of nitriles is 1. The molecule has 0 unspecified atom stereocenters. The lowest BCUT2D eigenvalue weighted by atomic mass is 9.65. The van der Waals surface area contributed by atoms with E-state index in [1.165, 1.54) is 31.7 Å². The molecule has 0 radical (unpaired) electrons. The van der Waals surface area contributed by atoms with Crippen LogP contribution in [0.15, 0.2) is 54.6 Å². The summed E-state index contributed by atoms with van der Waals surface area (Å²) in [6.45, 7) is 4.44. The highest BCUT2D eigenvalue weighted by Crippen LogP contribution is 2.49. The van der Waals surface area contributed by atoms with Gasteiger partial charge in [0.05, 0.1) is 41.9 Å². The van der Waals surface area contributed by atoms with E-state index in [-0.39, 0.29) is 12.7 Å². The van der Waals surface area contributed by atoms with Gasteiger partial charge in [0.2, 0.25) is 11.8 Å². The quantitative estimate of drug-likeness (QED) is 0.249. The monoisotopic (exact) mass is 622 g/mol. The van der Waals surface area contributed by atoms with E-state index in [0.717, 1.165) is 74.6 Å². The van der Waals surface area contributed by atoms with Crippen molar-refractivity contribution in [1.82, 2.24) is 19.4 Å².